The highest BCUT2D eigenvalue weighted by Crippen LogP contribution is 2.37. The molecule has 10 nitrogen and oxygen atoms in total. The monoisotopic (exact) mass is 623 g/mol. The minimum Gasteiger partial charge on any atom is -0.507 e. The third-order valence-corrected chi connectivity index (χ3v) is 9.33. The van der Waals surface area contributed by atoms with Gasteiger partial charge in [0, 0.05) is 52.4 Å². The summed E-state index contributed by atoms with van der Waals surface area (Å²) in [5, 5.41) is 57.6. The molecule has 4 rings (SSSR count). The number of Topliss-reactive ketones (excluding diaryl/α,β-unsaturated/α-hetero) is 3. The van der Waals surface area contributed by atoms with Gasteiger partial charge in [-0.05, 0) is 38.0 Å². The Bertz CT molecular complexity index is 1500. The van der Waals surface area contributed by atoms with E-state index in [9.17, 15) is 44.7 Å². The average Bonchev–Trinajstić information content (AvgIpc) is 3.01. The van der Waals surface area contributed by atoms with E-state index in [1.807, 2.05) is 0 Å². The number of benzene rings is 1. The molecule has 2 heterocycles. The number of hydrogen-bond acceptors (Lipinski definition) is 9. The smallest absolute Gasteiger partial charge is 0.248 e. The summed E-state index contributed by atoms with van der Waals surface area (Å²) in [4.78, 5) is 53.7. The van der Waals surface area contributed by atoms with Crippen LogP contribution in [0.2, 0.25) is 0 Å². The van der Waals surface area contributed by atoms with Crippen molar-refractivity contribution in [3.8, 4) is 5.75 Å². The molecule has 0 saturated carbocycles. The summed E-state index contributed by atoms with van der Waals surface area (Å²) >= 11 is 0. The Morgan fingerprint density at radius 1 is 0.667 bits per heavy atom. The van der Waals surface area contributed by atoms with Gasteiger partial charge in [0.1, 0.15) is 5.75 Å². The first-order chi connectivity index (χ1) is 20.9. The van der Waals surface area contributed by atoms with Gasteiger partial charge >= 0.3 is 0 Å². The van der Waals surface area contributed by atoms with Crippen molar-refractivity contribution in [2.45, 2.75) is 79.8 Å². The second kappa shape index (κ2) is 14.2. The number of rotatable bonds is 0. The maximum atomic E-state index is 13.8. The van der Waals surface area contributed by atoms with Gasteiger partial charge in [0.05, 0.1) is 35.7 Å². The fraction of sp³-hybridized carbons (Fsp3) is 0.486. The lowest BCUT2D eigenvalue weighted by molar-refractivity contribution is -0.115. The molecule has 10 heteroatoms. The largest absolute Gasteiger partial charge is 0.507 e. The summed E-state index contributed by atoms with van der Waals surface area (Å²) in [5.74, 6) is -6.57. The quantitative estimate of drug-likeness (QED) is 0.253. The molecule has 2 aliphatic heterocycles. The van der Waals surface area contributed by atoms with Gasteiger partial charge in [-0.1, -0.05) is 58.9 Å². The number of aromatic hydroxyl groups is 1. The number of carbonyl (C=O) groups excluding carboxylic acids is 4. The van der Waals surface area contributed by atoms with Crippen LogP contribution in [-0.2, 0) is 4.79 Å². The second-order valence-corrected chi connectivity index (χ2v) is 12.7. The van der Waals surface area contributed by atoms with Crippen molar-refractivity contribution in [1.29, 1.82) is 0 Å². The third-order valence-electron chi connectivity index (χ3n) is 9.33. The first-order valence-corrected chi connectivity index (χ1v) is 15.2. The number of phenols is 1. The van der Waals surface area contributed by atoms with Gasteiger partial charge in [-0.15, -0.1) is 0 Å². The number of allylic oxidation sites excluding steroid dienone is 5. The molecule has 1 amide bonds. The Labute approximate surface area is 263 Å². The molecule has 0 radical (unpaired) electrons. The van der Waals surface area contributed by atoms with Crippen molar-refractivity contribution in [3.63, 3.8) is 0 Å². The zero-order valence-electron chi connectivity index (χ0n) is 27.0. The minimum absolute atomic E-state index is 0.0853. The number of ketones is 3. The van der Waals surface area contributed by atoms with Crippen LogP contribution in [0, 0.1) is 36.5 Å². The Hall–Kier alpha value is -3.70. The van der Waals surface area contributed by atoms with E-state index in [0.717, 1.165) is 6.08 Å². The van der Waals surface area contributed by atoms with Gasteiger partial charge in [-0.3, -0.25) is 19.2 Å². The van der Waals surface area contributed by atoms with E-state index in [4.69, 9.17) is 0 Å². The molecular weight excluding hydrogens is 578 g/mol. The van der Waals surface area contributed by atoms with Crippen molar-refractivity contribution < 1.29 is 44.7 Å². The fourth-order valence-corrected chi connectivity index (χ4v) is 6.15. The number of hydrogen-bond donors (Lipinski definition) is 6. The molecular formula is C35H45NO9. The number of fused-ring (bicyclic) bond motifs is 15. The second-order valence-electron chi connectivity index (χ2n) is 12.7. The molecule has 0 spiro atoms. The van der Waals surface area contributed by atoms with Crippen LogP contribution in [0.4, 0.5) is 0 Å². The molecule has 4 bridgehead atoms. The van der Waals surface area contributed by atoms with Crippen LogP contribution >= 0.6 is 0 Å². The van der Waals surface area contributed by atoms with Crippen LogP contribution in [0.15, 0.2) is 53.3 Å². The van der Waals surface area contributed by atoms with Gasteiger partial charge in [-0.25, -0.2) is 0 Å². The summed E-state index contributed by atoms with van der Waals surface area (Å²) in [5.41, 5.74) is -0.841. The Kier molecular flexibility index (Phi) is 11.3. The number of aliphatic hydroxyl groups is 4. The van der Waals surface area contributed by atoms with Crippen LogP contribution in [0.25, 0.3) is 0 Å². The van der Waals surface area contributed by atoms with Crippen molar-refractivity contribution in [2.75, 3.05) is 0 Å². The highest BCUT2D eigenvalue weighted by molar-refractivity contribution is 6.31. The van der Waals surface area contributed by atoms with Crippen molar-refractivity contribution >= 4 is 23.3 Å². The molecule has 9 atom stereocenters. The number of aryl methyl sites for hydroxylation is 1. The lowest BCUT2D eigenvalue weighted by Crippen LogP contribution is -2.45. The van der Waals surface area contributed by atoms with E-state index >= 15 is 0 Å². The van der Waals surface area contributed by atoms with Gasteiger partial charge in [-0.2, -0.15) is 0 Å². The predicted molar refractivity (Wildman–Crippen MR) is 169 cm³/mol. The van der Waals surface area contributed by atoms with Gasteiger partial charge in [0.15, 0.2) is 11.6 Å². The lowest BCUT2D eigenvalue weighted by Gasteiger charge is -2.36. The number of aliphatic hydroxyl groups excluding tert-OH is 4. The summed E-state index contributed by atoms with van der Waals surface area (Å²) < 4.78 is 0. The van der Waals surface area contributed by atoms with E-state index in [1.54, 1.807) is 40.7 Å². The maximum Gasteiger partial charge on any atom is 0.248 e. The van der Waals surface area contributed by atoms with Crippen LogP contribution < -0.4 is 5.32 Å². The molecule has 0 fully saturated rings. The first kappa shape index (κ1) is 35.8. The van der Waals surface area contributed by atoms with Gasteiger partial charge in [0.2, 0.25) is 11.7 Å². The Morgan fingerprint density at radius 2 is 1.20 bits per heavy atom. The third kappa shape index (κ3) is 7.09. The van der Waals surface area contributed by atoms with Crippen LogP contribution in [0.1, 0.15) is 85.1 Å². The molecule has 0 aromatic heterocycles. The molecule has 45 heavy (non-hydrogen) atoms. The van der Waals surface area contributed by atoms with Crippen molar-refractivity contribution in [1.82, 2.24) is 5.32 Å². The molecule has 1 aromatic rings. The summed E-state index contributed by atoms with van der Waals surface area (Å²) in [6, 6.07) is 1.30. The number of nitrogens with one attached hydrogen (secondary N) is 1. The summed E-state index contributed by atoms with van der Waals surface area (Å²) in [7, 11) is 0. The zero-order valence-corrected chi connectivity index (χ0v) is 27.0. The molecule has 244 valence electrons. The van der Waals surface area contributed by atoms with Crippen LogP contribution in [0.3, 0.4) is 0 Å². The zero-order chi connectivity index (χ0) is 34.1. The van der Waals surface area contributed by atoms with Gasteiger partial charge < -0.3 is 30.8 Å². The highest BCUT2D eigenvalue weighted by atomic mass is 16.3. The standard InChI is InChI=1S/C35H45NO9/c1-15-11-9-10-12-24(37)36-27-19(5)34(44)25-23(35(27)45)14-18(4)31(41)26(25)30(40)17(3)13-16(2)29(39)21(7)33(43)22(8)32(42)20(6)28(15)38/h9-16,20-22,28-29,32-33,38-39,41-43H,1-8H3,(H,36,37)/b11-9+,12-10-,17-13-/t15-,16-,20+,21+,22+,28-,29-,32+,33+/m0/s1. The lowest BCUT2D eigenvalue weighted by atomic mass is 9.77. The predicted octanol–water partition coefficient (Wildman–Crippen LogP) is 3.35. The van der Waals surface area contributed by atoms with Crippen molar-refractivity contribution in [3.05, 3.63) is 75.5 Å². The Balaban J connectivity index is 2.17. The van der Waals surface area contributed by atoms with E-state index in [2.05, 4.69) is 5.32 Å². The van der Waals surface area contributed by atoms with E-state index in [1.165, 1.54) is 45.1 Å². The number of carbonyl (C=O) groups is 4. The fourth-order valence-electron chi connectivity index (χ4n) is 6.15. The maximum absolute atomic E-state index is 13.8. The summed E-state index contributed by atoms with van der Waals surface area (Å²) in [6.07, 6.45) is 2.72. The minimum atomic E-state index is -1.18. The summed E-state index contributed by atoms with van der Waals surface area (Å²) in [6.45, 7) is 12.6. The van der Waals surface area contributed by atoms with Gasteiger partial charge in [0.25, 0.3) is 0 Å². The number of amides is 1. The van der Waals surface area contributed by atoms with E-state index in [-0.39, 0.29) is 39.1 Å². The molecule has 3 aliphatic rings. The molecule has 1 aliphatic carbocycles. The molecule has 0 saturated heterocycles. The van der Waals surface area contributed by atoms with E-state index in [0.29, 0.717) is 0 Å². The molecule has 0 unspecified atom stereocenters. The van der Waals surface area contributed by atoms with Crippen molar-refractivity contribution in [2.24, 2.45) is 29.6 Å². The van der Waals surface area contributed by atoms with E-state index < -0.39 is 83.0 Å². The SMILES string of the molecule is CC1=C2NC(=O)/C=C\C=C\[C@H](C)[C@H](O)[C@@H](C)[C@@H](O)[C@@H](C)[C@H](O)[C@H](C)[C@@H](O)[C@@H](C)/C=C(/C)C(=O)c3c(O)c(C)cc(c3C1=O)C2=O. The number of phenolic OH excluding ortho intramolecular Hbond substituents is 1. The van der Waals surface area contributed by atoms with Crippen LogP contribution in [-0.4, -0.2) is 73.2 Å². The Morgan fingerprint density at radius 3 is 1.78 bits per heavy atom. The normalized spacial score (nSPS) is 35.1. The topological polar surface area (TPSA) is 181 Å². The first-order valence-electron chi connectivity index (χ1n) is 15.2. The molecule has 1 aromatic carbocycles. The average molecular weight is 624 g/mol. The molecule has 6 N–H and O–H groups in total. The van der Waals surface area contributed by atoms with Crippen LogP contribution in [0.5, 0.6) is 5.75 Å². The highest BCUT2D eigenvalue weighted by Gasteiger charge is 2.39.